The fourth-order valence-electron chi connectivity index (χ4n) is 0.978. The Bertz CT molecular complexity index is 297. The van der Waals surface area contributed by atoms with Crippen LogP contribution in [-0.2, 0) is 0 Å². The summed E-state index contributed by atoms with van der Waals surface area (Å²) >= 11 is 0. The molecule has 0 saturated carbocycles. The molecule has 0 nitrogen and oxygen atoms in total. The molecule has 18 heavy (non-hydrogen) atoms. The number of benzene rings is 1. The fraction of sp³-hybridized carbons (Fsp3) is 0.412. The fourth-order valence-corrected chi connectivity index (χ4v) is 1.14. The molecule has 1 atom stereocenters. The molecular weight excluding hydrogens is 235 g/mol. The number of hydrogen-bond donors (Lipinski definition) is 0. The van der Waals surface area contributed by atoms with Crippen LogP contribution in [0.25, 0.3) is 0 Å². The molecule has 0 aliphatic heterocycles. The summed E-state index contributed by atoms with van der Waals surface area (Å²) in [6.45, 7) is 10.4. The third kappa shape index (κ3) is 17.5. The summed E-state index contributed by atoms with van der Waals surface area (Å²) in [5, 5.41) is 0. The number of rotatable bonds is 3. The first-order chi connectivity index (χ1) is 8.66. The smallest absolute Gasteiger partial charge is 0.0197 e. The highest BCUT2D eigenvalue weighted by Gasteiger charge is 1.78. The van der Waals surface area contributed by atoms with Crippen LogP contribution in [0.15, 0.2) is 54.6 Å². The van der Waals surface area contributed by atoms with Gasteiger partial charge >= 0.3 is 0 Å². The van der Waals surface area contributed by atoms with Crippen LogP contribution in [0.5, 0.6) is 0 Å². The largest absolute Gasteiger partial charge is 0.134 e. The van der Waals surface area contributed by atoms with Crippen molar-refractivity contribution in [2.75, 3.05) is 6.16 Å². The van der Waals surface area contributed by atoms with Crippen LogP contribution < -0.4 is 0 Å². The summed E-state index contributed by atoms with van der Waals surface area (Å²) in [5.41, 5.74) is 1.32. The molecule has 0 saturated heterocycles. The molecule has 0 bridgehead atoms. The maximum absolute atomic E-state index is 2.65. The highest BCUT2D eigenvalue weighted by atomic mass is 31.0. The molecule has 0 aliphatic rings. The van der Waals surface area contributed by atoms with Gasteiger partial charge in [-0.1, -0.05) is 87.9 Å². The molecule has 0 spiro atoms. The first-order valence-electron chi connectivity index (χ1n) is 6.72. The van der Waals surface area contributed by atoms with E-state index in [0.29, 0.717) is 5.92 Å². The third-order valence-electron chi connectivity index (χ3n) is 1.82. The summed E-state index contributed by atoms with van der Waals surface area (Å²) < 4.78 is 0. The number of allylic oxidation sites excluding steroid dienone is 4. The van der Waals surface area contributed by atoms with E-state index in [2.05, 4.69) is 66.4 Å². The van der Waals surface area contributed by atoms with Gasteiger partial charge in [0.15, 0.2) is 0 Å². The molecule has 0 amide bonds. The van der Waals surface area contributed by atoms with E-state index in [9.17, 15) is 0 Å². The first-order valence-corrected chi connectivity index (χ1v) is 7.53. The van der Waals surface area contributed by atoms with Crippen LogP contribution in [0.2, 0.25) is 0 Å². The van der Waals surface area contributed by atoms with Gasteiger partial charge in [-0.15, -0.1) is 9.24 Å². The lowest BCUT2D eigenvalue weighted by Gasteiger charge is -1.88. The molecule has 1 aromatic rings. The Hall–Kier alpha value is -0.870. The maximum Gasteiger partial charge on any atom is -0.0197 e. The van der Waals surface area contributed by atoms with Gasteiger partial charge in [0.05, 0.1) is 0 Å². The standard InChI is InChI=1S/C8H15P.C7H8.C2H6/c1-8(2)6-4-3-5-7-9;1-7-5-3-2-4-6-7;1-2/h3-6,8H,7,9H2,1-2H3;2-6H,1H3;1-2H3/b5-3-,6-4-;;. The molecule has 1 heteroatoms. The van der Waals surface area contributed by atoms with E-state index < -0.39 is 0 Å². The van der Waals surface area contributed by atoms with Crippen molar-refractivity contribution < 1.29 is 0 Å². The highest BCUT2D eigenvalue weighted by Crippen LogP contribution is 1.93. The molecular formula is C17H29P. The predicted molar refractivity (Wildman–Crippen MR) is 90.2 cm³/mol. The predicted octanol–water partition coefficient (Wildman–Crippen LogP) is 5.65. The lowest BCUT2D eigenvalue weighted by molar-refractivity contribution is 0.832. The van der Waals surface area contributed by atoms with Crippen LogP contribution in [-0.4, -0.2) is 6.16 Å². The Morgan fingerprint density at radius 1 is 1.06 bits per heavy atom. The van der Waals surface area contributed by atoms with Crippen LogP contribution in [0, 0.1) is 12.8 Å². The van der Waals surface area contributed by atoms with Gasteiger partial charge in [0.1, 0.15) is 0 Å². The minimum atomic E-state index is 0.666. The van der Waals surface area contributed by atoms with Gasteiger partial charge in [-0.25, -0.2) is 0 Å². The normalized spacial score (nSPS) is 9.94. The van der Waals surface area contributed by atoms with E-state index in [1.165, 1.54) is 5.56 Å². The monoisotopic (exact) mass is 264 g/mol. The molecule has 0 fully saturated rings. The van der Waals surface area contributed by atoms with Crippen molar-refractivity contribution in [2.45, 2.75) is 34.6 Å². The summed E-state index contributed by atoms with van der Waals surface area (Å²) in [6.07, 6.45) is 9.50. The maximum atomic E-state index is 2.65. The minimum absolute atomic E-state index is 0.666. The Labute approximate surface area is 116 Å². The second-order valence-electron chi connectivity index (χ2n) is 3.95. The summed E-state index contributed by atoms with van der Waals surface area (Å²) in [7, 11) is 2.65. The van der Waals surface area contributed by atoms with E-state index in [-0.39, 0.29) is 0 Å². The summed E-state index contributed by atoms with van der Waals surface area (Å²) in [5.74, 6) is 0.666. The molecule has 1 unspecified atom stereocenters. The molecule has 0 aromatic heterocycles. The Kier molecular flexibility index (Phi) is 17.4. The van der Waals surface area contributed by atoms with Crippen molar-refractivity contribution in [1.82, 2.24) is 0 Å². The Morgan fingerprint density at radius 2 is 1.61 bits per heavy atom. The summed E-state index contributed by atoms with van der Waals surface area (Å²) in [4.78, 5) is 0. The van der Waals surface area contributed by atoms with Crippen molar-refractivity contribution >= 4 is 9.24 Å². The third-order valence-corrected chi connectivity index (χ3v) is 2.09. The van der Waals surface area contributed by atoms with E-state index in [4.69, 9.17) is 0 Å². The Balaban J connectivity index is 0. The van der Waals surface area contributed by atoms with E-state index >= 15 is 0 Å². The summed E-state index contributed by atoms with van der Waals surface area (Å²) in [6, 6.07) is 10.3. The van der Waals surface area contributed by atoms with Crippen LogP contribution >= 0.6 is 9.24 Å². The van der Waals surface area contributed by atoms with Gasteiger partial charge in [-0.05, 0) is 19.0 Å². The van der Waals surface area contributed by atoms with Crippen molar-refractivity contribution in [3.05, 3.63) is 60.2 Å². The zero-order valence-corrected chi connectivity index (χ0v) is 13.7. The van der Waals surface area contributed by atoms with Crippen molar-refractivity contribution in [2.24, 2.45) is 5.92 Å². The Morgan fingerprint density at radius 3 is 1.94 bits per heavy atom. The average molecular weight is 264 g/mol. The van der Waals surface area contributed by atoms with Crippen LogP contribution in [0.1, 0.15) is 33.3 Å². The first kappa shape index (κ1) is 19.5. The van der Waals surface area contributed by atoms with E-state index in [1.807, 2.05) is 32.0 Å². The second kappa shape index (κ2) is 16.1. The molecule has 0 aliphatic carbocycles. The second-order valence-corrected chi connectivity index (χ2v) is 4.42. The minimum Gasteiger partial charge on any atom is -0.134 e. The number of hydrogen-bond acceptors (Lipinski definition) is 0. The van der Waals surface area contributed by atoms with E-state index in [0.717, 1.165) is 6.16 Å². The van der Waals surface area contributed by atoms with Gasteiger partial charge < -0.3 is 0 Å². The van der Waals surface area contributed by atoms with Crippen LogP contribution in [0.3, 0.4) is 0 Å². The van der Waals surface area contributed by atoms with Crippen molar-refractivity contribution in [3.8, 4) is 0 Å². The zero-order valence-electron chi connectivity index (χ0n) is 12.6. The molecule has 0 radical (unpaired) electrons. The number of aryl methyl sites for hydroxylation is 1. The van der Waals surface area contributed by atoms with E-state index in [1.54, 1.807) is 0 Å². The van der Waals surface area contributed by atoms with Gasteiger partial charge in [-0.3, -0.25) is 0 Å². The van der Waals surface area contributed by atoms with Gasteiger partial charge in [0.25, 0.3) is 0 Å². The lowest BCUT2D eigenvalue weighted by Crippen LogP contribution is -1.74. The van der Waals surface area contributed by atoms with Gasteiger partial charge in [0.2, 0.25) is 0 Å². The lowest BCUT2D eigenvalue weighted by atomic mass is 10.2. The highest BCUT2D eigenvalue weighted by molar-refractivity contribution is 7.16. The molecule has 102 valence electrons. The average Bonchev–Trinajstić information content (AvgIpc) is 2.39. The molecule has 1 rings (SSSR count). The zero-order chi connectivity index (χ0) is 14.2. The molecule has 1 aromatic carbocycles. The SMILES string of the molecule is CC.CC(C)/C=C\C=C/CP.Cc1ccccc1. The van der Waals surface area contributed by atoms with Crippen LogP contribution in [0.4, 0.5) is 0 Å². The van der Waals surface area contributed by atoms with Crippen molar-refractivity contribution in [3.63, 3.8) is 0 Å². The molecule has 0 N–H and O–H groups in total. The molecule has 0 heterocycles. The van der Waals surface area contributed by atoms with Crippen molar-refractivity contribution in [1.29, 1.82) is 0 Å². The quantitative estimate of drug-likeness (QED) is 0.488. The topological polar surface area (TPSA) is 0 Å². The van der Waals surface area contributed by atoms with Gasteiger partial charge in [0, 0.05) is 0 Å². The van der Waals surface area contributed by atoms with Gasteiger partial charge in [-0.2, -0.15) is 0 Å².